The van der Waals surface area contributed by atoms with Crippen LogP contribution >= 0.6 is 0 Å². The monoisotopic (exact) mass is 224 g/mol. The topological polar surface area (TPSA) is 52.0 Å². The maximum atomic E-state index is 6.40. The highest BCUT2D eigenvalue weighted by Crippen LogP contribution is 2.32. The predicted octanol–water partition coefficient (Wildman–Crippen LogP) is 2.80. The van der Waals surface area contributed by atoms with E-state index in [0.29, 0.717) is 11.8 Å². The summed E-state index contributed by atoms with van der Waals surface area (Å²) in [5, 5.41) is 0. The van der Waals surface area contributed by atoms with Crippen molar-refractivity contribution >= 4 is 0 Å². The molecule has 4 N–H and O–H groups in total. The lowest BCUT2D eigenvalue weighted by molar-refractivity contribution is 0.210. The van der Waals surface area contributed by atoms with Crippen LogP contribution in [-0.4, -0.2) is 12.1 Å². The van der Waals surface area contributed by atoms with Crippen molar-refractivity contribution in [1.82, 2.24) is 0 Å². The molecule has 2 fully saturated rings. The lowest BCUT2D eigenvalue weighted by Gasteiger charge is -2.37. The van der Waals surface area contributed by atoms with Crippen LogP contribution in [0.15, 0.2) is 0 Å². The minimum Gasteiger partial charge on any atom is -0.326 e. The van der Waals surface area contributed by atoms with Crippen molar-refractivity contribution in [3.05, 3.63) is 0 Å². The first-order valence-corrected chi connectivity index (χ1v) is 7.30. The summed E-state index contributed by atoms with van der Waals surface area (Å²) in [4.78, 5) is 0. The van der Waals surface area contributed by atoms with Crippen LogP contribution in [0.25, 0.3) is 0 Å². The number of rotatable bonds is 3. The van der Waals surface area contributed by atoms with Crippen LogP contribution in [0.5, 0.6) is 0 Å². The van der Waals surface area contributed by atoms with Gasteiger partial charge in [-0.2, -0.15) is 0 Å². The molecule has 2 heteroatoms. The Morgan fingerprint density at radius 2 is 0.875 bits per heavy atom. The summed E-state index contributed by atoms with van der Waals surface area (Å²) < 4.78 is 0. The van der Waals surface area contributed by atoms with Crippen molar-refractivity contribution in [3.63, 3.8) is 0 Å². The van der Waals surface area contributed by atoms with Gasteiger partial charge in [-0.25, -0.2) is 0 Å². The molecule has 0 radical (unpaired) electrons. The molecular formula is C14H28N2. The quantitative estimate of drug-likeness (QED) is 0.774. The molecular weight excluding hydrogens is 196 g/mol. The van der Waals surface area contributed by atoms with E-state index in [9.17, 15) is 0 Å². The Labute approximate surface area is 100 Å². The van der Waals surface area contributed by atoms with Gasteiger partial charge in [-0.3, -0.25) is 0 Å². The van der Waals surface area contributed by atoms with Crippen molar-refractivity contribution in [2.75, 3.05) is 0 Å². The van der Waals surface area contributed by atoms with Gasteiger partial charge in [-0.15, -0.1) is 0 Å². The van der Waals surface area contributed by atoms with Crippen molar-refractivity contribution in [2.45, 2.75) is 76.3 Å². The molecule has 2 nitrogen and oxygen atoms in total. The largest absolute Gasteiger partial charge is 0.326 e. The SMILES string of the molecule is NC(C1CCCCC1)[C@H](N)C1CCCCC1. The number of nitrogens with two attached hydrogens (primary N) is 2. The molecule has 0 aliphatic heterocycles. The average Bonchev–Trinajstić information content (AvgIpc) is 2.39. The highest BCUT2D eigenvalue weighted by Gasteiger charge is 2.30. The second-order valence-electron chi connectivity index (χ2n) is 5.95. The Kier molecular flexibility index (Phi) is 4.66. The predicted molar refractivity (Wildman–Crippen MR) is 69.1 cm³/mol. The Bertz CT molecular complexity index is 171. The molecule has 2 atom stereocenters. The van der Waals surface area contributed by atoms with Crippen LogP contribution in [0.4, 0.5) is 0 Å². The van der Waals surface area contributed by atoms with Gasteiger partial charge in [0.25, 0.3) is 0 Å². The summed E-state index contributed by atoms with van der Waals surface area (Å²) in [6.07, 6.45) is 13.6. The smallest absolute Gasteiger partial charge is 0.0223 e. The number of hydrogen-bond acceptors (Lipinski definition) is 2. The van der Waals surface area contributed by atoms with E-state index in [-0.39, 0.29) is 12.1 Å². The van der Waals surface area contributed by atoms with Crippen molar-refractivity contribution in [3.8, 4) is 0 Å². The first kappa shape index (κ1) is 12.4. The second-order valence-corrected chi connectivity index (χ2v) is 5.95. The van der Waals surface area contributed by atoms with Crippen molar-refractivity contribution in [2.24, 2.45) is 23.3 Å². The van der Waals surface area contributed by atoms with Gasteiger partial charge >= 0.3 is 0 Å². The third kappa shape index (κ3) is 2.98. The molecule has 0 heterocycles. The van der Waals surface area contributed by atoms with Crippen LogP contribution in [-0.2, 0) is 0 Å². The normalized spacial score (nSPS) is 28.9. The molecule has 94 valence electrons. The Hall–Kier alpha value is -0.0800. The number of hydrogen-bond donors (Lipinski definition) is 2. The van der Waals surface area contributed by atoms with Gasteiger partial charge < -0.3 is 11.5 Å². The lowest BCUT2D eigenvalue weighted by atomic mass is 9.75. The summed E-state index contributed by atoms with van der Waals surface area (Å²) in [6.45, 7) is 0. The molecule has 0 aromatic heterocycles. The molecule has 2 saturated carbocycles. The molecule has 0 spiro atoms. The molecule has 2 aliphatic rings. The fourth-order valence-electron chi connectivity index (χ4n) is 3.67. The Balaban J connectivity index is 1.84. The lowest BCUT2D eigenvalue weighted by Crippen LogP contribution is -2.51. The zero-order valence-corrected chi connectivity index (χ0v) is 10.5. The molecule has 0 aromatic rings. The summed E-state index contributed by atoms with van der Waals surface area (Å²) in [6, 6.07) is 0.534. The molecule has 2 aliphatic carbocycles. The van der Waals surface area contributed by atoms with Gasteiger partial charge in [0.1, 0.15) is 0 Å². The molecule has 0 bridgehead atoms. The first-order valence-electron chi connectivity index (χ1n) is 7.30. The van der Waals surface area contributed by atoms with Crippen LogP contribution in [0.3, 0.4) is 0 Å². The zero-order chi connectivity index (χ0) is 11.4. The van der Waals surface area contributed by atoms with Crippen LogP contribution in [0, 0.1) is 11.8 Å². The summed E-state index contributed by atoms with van der Waals surface area (Å²) >= 11 is 0. The molecule has 2 rings (SSSR count). The van der Waals surface area contributed by atoms with Crippen molar-refractivity contribution in [1.29, 1.82) is 0 Å². The van der Waals surface area contributed by atoms with E-state index in [1.165, 1.54) is 64.2 Å². The highest BCUT2D eigenvalue weighted by atomic mass is 14.8. The highest BCUT2D eigenvalue weighted by molar-refractivity contribution is 4.89. The van der Waals surface area contributed by atoms with E-state index < -0.39 is 0 Å². The van der Waals surface area contributed by atoms with E-state index in [4.69, 9.17) is 11.5 Å². The van der Waals surface area contributed by atoms with Gasteiger partial charge in [0, 0.05) is 12.1 Å². The standard InChI is InChI=1S/C14H28N2/c15-13(11-7-3-1-4-8-11)14(16)12-9-5-2-6-10-12/h11-14H,1-10,15-16H2/t13-,14?/m1/s1. The minimum atomic E-state index is 0.267. The third-order valence-electron chi connectivity index (χ3n) is 4.83. The Morgan fingerprint density at radius 1 is 0.562 bits per heavy atom. The maximum Gasteiger partial charge on any atom is 0.0223 e. The molecule has 16 heavy (non-hydrogen) atoms. The zero-order valence-electron chi connectivity index (χ0n) is 10.5. The van der Waals surface area contributed by atoms with Crippen LogP contribution in [0.1, 0.15) is 64.2 Å². The van der Waals surface area contributed by atoms with Gasteiger partial charge in [0.2, 0.25) is 0 Å². The van der Waals surface area contributed by atoms with Gasteiger partial charge in [-0.1, -0.05) is 38.5 Å². The van der Waals surface area contributed by atoms with Gasteiger partial charge in [-0.05, 0) is 37.5 Å². The van der Waals surface area contributed by atoms with E-state index in [1.54, 1.807) is 0 Å². The van der Waals surface area contributed by atoms with E-state index in [1.807, 2.05) is 0 Å². The van der Waals surface area contributed by atoms with Crippen LogP contribution in [0.2, 0.25) is 0 Å². The Morgan fingerprint density at radius 3 is 1.19 bits per heavy atom. The molecule has 0 saturated heterocycles. The van der Waals surface area contributed by atoms with Crippen LogP contribution < -0.4 is 11.5 Å². The molecule has 0 aromatic carbocycles. The minimum absolute atomic E-state index is 0.267. The second kappa shape index (κ2) is 6.02. The van der Waals surface area contributed by atoms with E-state index >= 15 is 0 Å². The maximum absolute atomic E-state index is 6.40. The first-order chi connectivity index (χ1) is 7.79. The fraction of sp³-hybridized carbons (Fsp3) is 1.00. The van der Waals surface area contributed by atoms with Gasteiger partial charge in [0.05, 0.1) is 0 Å². The van der Waals surface area contributed by atoms with E-state index in [0.717, 1.165) is 0 Å². The third-order valence-corrected chi connectivity index (χ3v) is 4.83. The summed E-state index contributed by atoms with van der Waals surface area (Å²) in [5.41, 5.74) is 12.8. The fourth-order valence-corrected chi connectivity index (χ4v) is 3.67. The average molecular weight is 224 g/mol. The molecule has 1 unspecified atom stereocenters. The summed E-state index contributed by atoms with van der Waals surface area (Å²) in [7, 11) is 0. The van der Waals surface area contributed by atoms with Gasteiger partial charge in [0.15, 0.2) is 0 Å². The van der Waals surface area contributed by atoms with E-state index in [2.05, 4.69) is 0 Å². The van der Waals surface area contributed by atoms with Crippen molar-refractivity contribution < 1.29 is 0 Å². The molecule has 0 amide bonds. The summed E-state index contributed by atoms with van der Waals surface area (Å²) in [5.74, 6) is 1.43.